The van der Waals surface area contributed by atoms with Crippen molar-refractivity contribution in [1.82, 2.24) is 9.78 Å². The highest BCUT2D eigenvalue weighted by Gasteiger charge is 2.34. The van der Waals surface area contributed by atoms with Crippen LogP contribution in [-0.2, 0) is 18.4 Å². The van der Waals surface area contributed by atoms with Crippen LogP contribution in [0, 0.1) is 0 Å². The third kappa shape index (κ3) is 2.11. The lowest BCUT2D eigenvalue weighted by molar-refractivity contribution is 0.0156. The van der Waals surface area contributed by atoms with Gasteiger partial charge in [0.25, 0.3) is 5.92 Å². The molecule has 0 spiro atoms. The number of rotatable bonds is 1. The van der Waals surface area contributed by atoms with Gasteiger partial charge in [-0.15, -0.1) is 0 Å². The Labute approximate surface area is 82.9 Å². The Kier molecular flexibility index (Phi) is 2.42. The van der Waals surface area contributed by atoms with Gasteiger partial charge >= 0.3 is 0 Å². The van der Waals surface area contributed by atoms with Crippen molar-refractivity contribution >= 4 is 0 Å². The second-order valence-electron chi connectivity index (χ2n) is 4.70. The van der Waals surface area contributed by atoms with E-state index < -0.39 is 5.92 Å². The molecule has 14 heavy (non-hydrogen) atoms. The highest BCUT2D eigenvalue weighted by Crippen LogP contribution is 2.34. The maximum Gasteiger partial charge on any atom is 0.273 e. The van der Waals surface area contributed by atoms with Crippen molar-refractivity contribution in [3.05, 3.63) is 17.5 Å². The molecule has 0 atom stereocenters. The van der Waals surface area contributed by atoms with E-state index in [1.165, 1.54) is 10.9 Å². The highest BCUT2D eigenvalue weighted by molar-refractivity contribution is 5.27. The molecule has 80 valence electrons. The third-order valence-electron chi connectivity index (χ3n) is 2.01. The second-order valence-corrected chi connectivity index (χ2v) is 4.70. The van der Waals surface area contributed by atoms with E-state index in [4.69, 9.17) is 0 Å². The fraction of sp³-hybridized carbons (Fsp3) is 0.700. The molecule has 0 N–H and O–H groups in total. The molecule has 1 rings (SSSR count). The molecule has 1 aromatic heterocycles. The van der Waals surface area contributed by atoms with E-state index in [-0.39, 0.29) is 11.0 Å². The van der Waals surface area contributed by atoms with Gasteiger partial charge in [-0.25, -0.2) is 8.78 Å². The maximum atomic E-state index is 13.2. The van der Waals surface area contributed by atoms with Crippen molar-refractivity contribution in [1.29, 1.82) is 0 Å². The van der Waals surface area contributed by atoms with Gasteiger partial charge in [-0.05, 0) is 0 Å². The molecule has 0 unspecified atom stereocenters. The smallest absolute Gasteiger partial charge is 0.273 e. The summed E-state index contributed by atoms with van der Waals surface area (Å²) < 4.78 is 27.8. The SMILES string of the molecule is Cn1cc(C(C)(F)F)c(C(C)(C)C)n1. The van der Waals surface area contributed by atoms with Crippen LogP contribution in [0.25, 0.3) is 0 Å². The average Bonchev–Trinajstić information content (AvgIpc) is 2.27. The van der Waals surface area contributed by atoms with Crippen LogP contribution in [0.5, 0.6) is 0 Å². The van der Waals surface area contributed by atoms with E-state index in [1.54, 1.807) is 7.05 Å². The van der Waals surface area contributed by atoms with Gasteiger partial charge in [-0.1, -0.05) is 20.8 Å². The van der Waals surface area contributed by atoms with Gasteiger partial charge in [0.1, 0.15) is 0 Å². The molecule has 2 nitrogen and oxygen atoms in total. The van der Waals surface area contributed by atoms with Gasteiger partial charge in [0.2, 0.25) is 0 Å². The van der Waals surface area contributed by atoms with Crippen molar-refractivity contribution < 1.29 is 8.78 Å². The number of nitrogens with zero attached hydrogens (tertiary/aromatic N) is 2. The molecule has 0 aliphatic carbocycles. The van der Waals surface area contributed by atoms with Gasteiger partial charge in [-0.2, -0.15) is 5.10 Å². The minimum atomic E-state index is -2.82. The Hall–Kier alpha value is -0.930. The van der Waals surface area contributed by atoms with Crippen molar-refractivity contribution in [2.45, 2.75) is 39.0 Å². The molecule has 1 heterocycles. The third-order valence-corrected chi connectivity index (χ3v) is 2.01. The van der Waals surface area contributed by atoms with E-state index in [9.17, 15) is 8.78 Å². The number of hydrogen-bond donors (Lipinski definition) is 0. The fourth-order valence-electron chi connectivity index (χ4n) is 1.36. The molecular weight excluding hydrogens is 186 g/mol. The van der Waals surface area contributed by atoms with Crippen LogP contribution < -0.4 is 0 Å². The van der Waals surface area contributed by atoms with Crippen molar-refractivity contribution in [3.8, 4) is 0 Å². The molecule has 0 fully saturated rings. The van der Waals surface area contributed by atoms with E-state index in [1.807, 2.05) is 20.8 Å². The normalized spacial score (nSPS) is 13.4. The Morgan fingerprint density at radius 2 is 1.71 bits per heavy atom. The zero-order valence-electron chi connectivity index (χ0n) is 9.23. The summed E-state index contributed by atoms with van der Waals surface area (Å²) in [5.74, 6) is -2.82. The minimum Gasteiger partial charge on any atom is -0.275 e. The second kappa shape index (κ2) is 3.04. The van der Waals surface area contributed by atoms with Gasteiger partial charge < -0.3 is 0 Å². The molecule has 0 aliphatic rings. The zero-order chi connectivity index (χ0) is 11.1. The summed E-state index contributed by atoms with van der Waals surface area (Å²) in [4.78, 5) is 0. The molecule has 1 aromatic rings. The van der Waals surface area contributed by atoms with Crippen LogP contribution in [0.1, 0.15) is 39.0 Å². The summed E-state index contributed by atoms with van der Waals surface area (Å²) in [7, 11) is 1.66. The van der Waals surface area contributed by atoms with Gasteiger partial charge in [0, 0.05) is 25.6 Å². The van der Waals surface area contributed by atoms with E-state index in [0.29, 0.717) is 5.69 Å². The average molecular weight is 202 g/mol. The lowest BCUT2D eigenvalue weighted by atomic mass is 9.88. The Morgan fingerprint density at radius 1 is 1.21 bits per heavy atom. The first kappa shape index (κ1) is 11.1. The van der Waals surface area contributed by atoms with Gasteiger partial charge in [0.05, 0.1) is 11.3 Å². The first-order chi connectivity index (χ1) is 6.12. The number of hydrogen-bond acceptors (Lipinski definition) is 1. The lowest BCUT2D eigenvalue weighted by Crippen LogP contribution is -2.19. The summed E-state index contributed by atoms with van der Waals surface area (Å²) in [6, 6.07) is 0. The first-order valence-corrected chi connectivity index (χ1v) is 4.55. The topological polar surface area (TPSA) is 17.8 Å². The van der Waals surface area contributed by atoms with Gasteiger partial charge in [-0.3, -0.25) is 4.68 Å². The molecule has 0 bridgehead atoms. The van der Waals surface area contributed by atoms with Crippen LogP contribution in [-0.4, -0.2) is 9.78 Å². The first-order valence-electron chi connectivity index (χ1n) is 4.55. The summed E-state index contributed by atoms with van der Waals surface area (Å²) >= 11 is 0. The Morgan fingerprint density at radius 3 is 2.00 bits per heavy atom. The highest BCUT2D eigenvalue weighted by atomic mass is 19.3. The number of halogens is 2. The largest absolute Gasteiger partial charge is 0.275 e. The molecule has 4 heteroatoms. The van der Waals surface area contributed by atoms with Crippen LogP contribution >= 0.6 is 0 Å². The standard InChI is InChI=1S/C10H16F2N2/c1-9(2,3)8-7(10(4,11)12)6-14(5)13-8/h6H,1-5H3. The van der Waals surface area contributed by atoms with Crippen LogP contribution in [0.3, 0.4) is 0 Å². The van der Waals surface area contributed by atoms with Crippen molar-refractivity contribution in [2.75, 3.05) is 0 Å². The molecular formula is C10H16F2N2. The number of alkyl halides is 2. The van der Waals surface area contributed by atoms with Crippen LogP contribution in [0.4, 0.5) is 8.78 Å². The predicted molar refractivity (Wildman–Crippen MR) is 51.5 cm³/mol. The Bertz CT molecular complexity index is 297. The molecule has 0 saturated carbocycles. The molecule has 0 aliphatic heterocycles. The molecule has 0 amide bonds. The van der Waals surface area contributed by atoms with Crippen LogP contribution in [0.15, 0.2) is 6.20 Å². The predicted octanol–water partition coefficient (Wildman–Crippen LogP) is 2.83. The lowest BCUT2D eigenvalue weighted by Gasteiger charge is -2.19. The summed E-state index contributed by atoms with van der Waals surface area (Å²) in [6.45, 7) is 6.54. The maximum absolute atomic E-state index is 13.2. The monoisotopic (exact) mass is 202 g/mol. The van der Waals surface area contributed by atoms with Crippen LogP contribution in [0.2, 0.25) is 0 Å². The van der Waals surface area contributed by atoms with Crippen molar-refractivity contribution in [2.24, 2.45) is 7.05 Å². The van der Waals surface area contributed by atoms with Gasteiger partial charge in [0.15, 0.2) is 0 Å². The summed E-state index contributed by atoms with van der Waals surface area (Å²) in [6.07, 6.45) is 1.39. The minimum absolute atomic E-state index is 0.0208. The zero-order valence-corrected chi connectivity index (χ0v) is 9.23. The Balaban J connectivity index is 3.31. The van der Waals surface area contributed by atoms with Crippen molar-refractivity contribution in [3.63, 3.8) is 0 Å². The number of aromatic nitrogens is 2. The van der Waals surface area contributed by atoms with E-state index >= 15 is 0 Å². The summed E-state index contributed by atoms with van der Waals surface area (Å²) in [5.41, 5.74) is 0.135. The quantitative estimate of drug-likeness (QED) is 0.684. The number of aryl methyl sites for hydroxylation is 1. The molecule has 0 radical (unpaired) electrons. The fourth-order valence-corrected chi connectivity index (χ4v) is 1.36. The van der Waals surface area contributed by atoms with E-state index in [2.05, 4.69) is 5.10 Å². The molecule has 0 aromatic carbocycles. The van der Waals surface area contributed by atoms with E-state index in [0.717, 1.165) is 6.92 Å². The molecule has 0 saturated heterocycles. The summed E-state index contributed by atoms with van der Waals surface area (Å²) in [5, 5.41) is 4.09.